The molecule has 9 nitrogen and oxygen atoms in total. The van der Waals surface area contributed by atoms with E-state index in [1.165, 1.54) is 37.4 Å². The maximum absolute atomic E-state index is 15.6. The molecule has 0 aliphatic heterocycles. The molecule has 0 amide bonds. The van der Waals surface area contributed by atoms with Crippen molar-refractivity contribution in [3.8, 4) is 28.3 Å². The summed E-state index contributed by atoms with van der Waals surface area (Å²) in [6.45, 7) is 5.63. The number of carbonyl (C=O) groups excluding carboxylic acids is 1. The van der Waals surface area contributed by atoms with Gasteiger partial charge in [0.2, 0.25) is 5.88 Å². The molecule has 0 unspecified atom stereocenters. The molecule has 276 valence electrons. The summed E-state index contributed by atoms with van der Waals surface area (Å²) >= 11 is 0. The van der Waals surface area contributed by atoms with Gasteiger partial charge in [0.25, 0.3) is 0 Å². The number of aromatic nitrogens is 5. The van der Waals surface area contributed by atoms with E-state index in [0.717, 1.165) is 30.6 Å². The van der Waals surface area contributed by atoms with Gasteiger partial charge >= 0.3 is 12.3 Å². The first-order valence-electron chi connectivity index (χ1n) is 16.3. The van der Waals surface area contributed by atoms with Gasteiger partial charge in [0.1, 0.15) is 35.5 Å². The van der Waals surface area contributed by atoms with Crippen molar-refractivity contribution in [2.24, 2.45) is 0 Å². The largest absolute Gasteiger partial charge is 0.504 e. The number of methoxy groups -OCH3 is 1. The van der Waals surface area contributed by atoms with Crippen LogP contribution in [0.2, 0.25) is 0 Å². The maximum Gasteiger partial charge on any atom is 0.504 e. The Morgan fingerprint density at radius 2 is 1.62 bits per heavy atom. The number of hydrogen-bond donors (Lipinski definition) is 0. The number of carbonyl (C=O) groups is 1. The van der Waals surface area contributed by atoms with Gasteiger partial charge in [-0.1, -0.05) is 18.2 Å². The Morgan fingerprint density at radius 3 is 2.32 bits per heavy atom. The fourth-order valence-corrected chi connectivity index (χ4v) is 5.55. The topological polar surface area (TPSA) is 93.3 Å². The maximum atomic E-state index is 15.6. The summed E-state index contributed by atoms with van der Waals surface area (Å²) in [5.74, 6) is -2.28. The number of pyridine rings is 1. The SMILES string of the molecule is COCCn1c(Cc2cc(F)c(-c3cccc(OCc4ccc(-c5cnn(C(F)(F)F)c5)cc4F)n3)cc2F)nc2ccc(C(=O)OC(C)(C)C)cc21. The minimum atomic E-state index is -4.70. The van der Waals surface area contributed by atoms with Gasteiger partial charge in [0, 0.05) is 49.0 Å². The lowest BCUT2D eigenvalue weighted by Gasteiger charge is -2.19. The summed E-state index contributed by atoms with van der Waals surface area (Å²) in [7, 11) is 1.53. The number of benzene rings is 3. The van der Waals surface area contributed by atoms with E-state index in [-0.39, 0.29) is 57.1 Å². The highest BCUT2D eigenvalue weighted by atomic mass is 19.4. The minimum Gasteiger partial charge on any atom is -0.473 e. The second-order valence-electron chi connectivity index (χ2n) is 13.1. The smallest absolute Gasteiger partial charge is 0.473 e. The van der Waals surface area contributed by atoms with Crippen LogP contribution in [0.25, 0.3) is 33.4 Å². The molecule has 6 rings (SSSR count). The van der Waals surface area contributed by atoms with Crippen molar-refractivity contribution in [1.82, 2.24) is 24.3 Å². The number of hydrogen-bond acceptors (Lipinski definition) is 7. The summed E-state index contributed by atoms with van der Waals surface area (Å²) in [5, 5.41) is 3.26. The molecular formula is C38H33F6N5O4. The van der Waals surface area contributed by atoms with E-state index in [9.17, 15) is 22.4 Å². The third-order valence-corrected chi connectivity index (χ3v) is 8.07. The van der Waals surface area contributed by atoms with Crippen molar-refractivity contribution in [3.05, 3.63) is 119 Å². The number of rotatable bonds is 11. The van der Waals surface area contributed by atoms with Gasteiger partial charge in [-0.15, -0.1) is 13.2 Å². The Labute approximate surface area is 299 Å². The number of fused-ring (bicyclic) bond motifs is 1. The van der Waals surface area contributed by atoms with Crippen LogP contribution in [0.3, 0.4) is 0 Å². The average Bonchev–Trinajstić information content (AvgIpc) is 3.73. The lowest BCUT2D eigenvalue weighted by atomic mass is 10.0. The Hall–Kier alpha value is -5.70. The first-order chi connectivity index (χ1) is 25.1. The van der Waals surface area contributed by atoms with Crippen LogP contribution in [0.5, 0.6) is 5.88 Å². The van der Waals surface area contributed by atoms with E-state index >= 15 is 8.78 Å². The monoisotopic (exact) mass is 737 g/mol. The third-order valence-electron chi connectivity index (χ3n) is 8.07. The first kappa shape index (κ1) is 37.1. The zero-order valence-electron chi connectivity index (χ0n) is 29.0. The molecule has 0 radical (unpaired) electrons. The Bertz CT molecular complexity index is 2290. The molecule has 0 bridgehead atoms. The number of ether oxygens (including phenoxy) is 3. The zero-order chi connectivity index (χ0) is 38.1. The molecular weight excluding hydrogens is 704 g/mol. The number of imidazole rings is 1. The van der Waals surface area contributed by atoms with Crippen molar-refractivity contribution < 1.29 is 45.3 Å². The second kappa shape index (κ2) is 14.7. The lowest BCUT2D eigenvalue weighted by molar-refractivity contribution is -0.212. The molecule has 53 heavy (non-hydrogen) atoms. The van der Waals surface area contributed by atoms with Crippen LogP contribution in [0.4, 0.5) is 26.3 Å². The predicted octanol–water partition coefficient (Wildman–Crippen LogP) is 8.63. The first-order valence-corrected chi connectivity index (χ1v) is 16.3. The number of halogens is 6. The van der Waals surface area contributed by atoms with Gasteiger partial charge in [-0.25, -0.2) is 27.9 Å². The quantitative estimate of drug-likeness (QED) is 0.0971. The van der Waals surface area contributed by atoms with E-state index in [2.05, 4.69) is 15.1 Å². The average molecular weight is 738 g/mol. The van der Waals surface area contributed by atoms with Crippen LogP contribution < -0.4 is 4.74 Å². The molecule has 3 aromatic heterocycles. The van der Waals surface area contributed by atoms with Gasteiger partial charge < -0.3 is 18.8 Å². The minimum absolute atomic E-state index is 0.000994. The van der Waals surface area contributed by atoms with E-state index in [1.807, 2.05) is 0 Å². The van der Waals surface area contributed by atoms with Crippen LogP contribution >= 0.6 is 0 Å². The summed E-state index contributed by atoms with van der Waals surface area (Å²) in [6, 6.07) is 15.3. The molecule has 0 saturated carbocycles. The highest BCUT2D eigenvalue weighted by Gasteiger charge is 2.31. The zero-order valence-corrected chi connectivity index (χ0v) is 29.0. The molecule has 0 saturated heterocycles. The van der Waals surface area contributed by atoms with E-state index in [4.69, 9.17) is 14.2 Å². The lowest BCUT2D eigenvalue weighted by Crippen LogP contribution is -2.23. The number of nitrogens with zero attached hydrogens (tertiary/aromatic N) is 5. The van der Waals surface area contributed by atoms with Crippen molar-refractivity contribution in [3.63, 3.8) is 0 Å². The van der Waals surface area contributed by atoms with Crippen molar-refractivity contribution in [2.75, 3.05) is 13.7 Å². The molecule has 15 heteroatoms. The van der Waals surface area contributed by atoms with E-state index in [1.54, 1.807) is 43.5 Å². The van der Waals surface area contributed by atoms with Crippen LogP contribution in [0.1, 0.15) is 48.1 Å². The fraction of sp³-hybridized carbons (Fsp3) is 0.263. The highest BCUT2D eigenvalue weighted by molar-refractivity contribution is 5.94. The van der Waals surface area contributed by atoms with Gasteiger partial charge in [-0.3, -0.25) is 0 Å². The third kappa shape index (κ3) is 8.52. The van der Waals surface area contributed by atoms with E-state index < -0.39 is 35.3 Å². The van der Waals surface area contributed by atoms with Crippen LogP contribution in [0.15, 0.2) is 79.1 Å². The number of alkyl halides is 3. The van der Waals surface area contributed by atoms with E-state index in [0.29, 0.717) is 35.6 Å². The van der Waals surface area contributed by atoms with Gasteiger partial charge in [0.05, 0.1) is 35.1 Å². The predicted molar refractivity (Wildman–Crippen MR) is 182 cm³/mol. The van der Waals surface area contributed by atoms with Crippen molar-refractivity contribution >= 4 is 17.0 Å². The molecule has 0 aliphatic rings. The van der Waals surface area contributed by atoms with Crippen molar-refractivity contribution in [2.45, 2.75) is 52.2 Å². The molecule has 0 N–H and O–H groups in total. The molecule has 0 aliphatic carbocycles. The van der Waals surface area contributed by atoms with Crippen LogP contribution in [-0.2, 0) is 35.3 Å². The van der Waals surface area contributed by atoms with Gasteiger partial charge in [-0.2, -0.15) is 9.78 Å². The summed E-state index contributed by atoms with van der Waals surface area (Å²) in [5.41, 5.74) is 1.07. The van der Waals surface area contributed by atoms with Crippen LogP contribution in [0, 0.1) is 17.5 Å². The van der Waals surface area contributed by atoms with Gasteiger partial charge in [0.15, 0.2) is 0 Å². The molecule has 0 atom stereocenters. The second-order valence-corrected chi connectivity index (χ2v) is 13.1. The normalized spacial score (nSPS) is 12.0. The van der Waals surface area contributed by atoms with Crippen LogP contribution in [-0.4, -0.2) is 49.6 Å². The fourth-order valence-electron chi connectivity index (χ4n) is 5.55. The molecule has 0 fully saturated rings. The standard InChI is InChI=1S/C38H33F6N5O4/c1-37(2,3)53-36(50)23-10-11-32-33(16-23)48(12-13-51-4)34(46-32)17-25-15-30(41)27(18-29(25)40)31-6-5-7-35(47-31)52-21-24-9-8-22(14-28(24)39)26-19-45-49(20-26)38(42,43)44/h5-11,14-16,18-20H,12-13,17,21H2,1-4H3. The highest BCUT2D eigenvalue weighted by Crippen LogP contribution is 2.30. The number of esters is 1. The molecule has 3 aromatic carbocycles. The van der Waals surface area contributed by atoms with Gasteiger partial charge in [-0.05, 0) is 74.4 Å². The Morgan fingerprint density at radius 1 is 0.849 bits per heavy atom. The summed E-state index contributed by atoms with van der Waals surface area (Å²) < 4.78 is 103. The summed E-state index contributed by atoms with van der Waals surface area (Å²) in [4.78, 5) is 21.7. The molecule has 3 heterocycles. The molecule has 6 aromatic rings. The Balaban J connectivity index is 1.20. The summed E-state index contributed by atoms with van der Waals surface area (Å²) in [6.07, 6.45) is -3.05. The van der Waals surface area contributed by atoms with Crippen molar-refractivity contribution in [1.29, 1.82) is 0 Å². The Kier molecular flexibility index (Phi) is 10.3. The molecule has 0 spiro atoms.